The van der Waals surface area contributed by atoms with Crippen molar-refractivity contribution in [3.05, 3.63) is 35.9 Å². The average Bonchev–Trinajstić information content (AvgIpc) is 2.61. The lowest BCUT2D eigenvalue weighted by Gasteiger charge is -2.34. The molecule has 9 heteroatoms. The summed E-state index contributed by atoms with van der Waals surface area (Å²) >= 11 is 0.905. The molecule has 1 unspecified atom stereocenters. The van der Waals surface area contributed by atoms with Gasteiger partial charge in [-0.15, -0.1) is 11.8 Å². The highest BCUT2D eigenvalue weighted by molar-refractivity contribution is 8.04. The normalized spacial score (nSPS) is 17.8. The van der Waals surface area contributed by atoms with Crippen molar-refractivity contribution in [2.45, 2.75) is 31.7 Å². The summed E-state index contributed by atoms with van der Waals surface area (Å²) in [6.07, 6.45) is 3.07. The lowest BCUT2D eigenvalue weighted by Crippen LogP contribution is -2.52. The Bertz CT molecular complexity index is 652. The van der Waals surface area contributed by atoms with Crippen molar-refractivity contribution in [2.75, 3.05) is 24.3 Å². The number of carbonyl (C=O) groups is 2. The SMILES string of the molecule is O=C(NCCc1ccccc1)C1CCCCN1C(=O)CSCP(=O)(O)O. The van der Waals surface area contributed by atoms with Gasteiger partial charge in [0.05, 0.1) is 11.2 Å². The van der Waals surface area contributed by atoms with Gasteiger partial charge in [0.15, 0.2) is 0 Å². The first-order chi connectivity index (χ1) is 12.4. The molecular formula is C17H25N2O5PS. The fourth-order valence-corrected chi connectivity index (χ4v) is 4.59. The lowest BCUT2D eigenvalue weighted by atomic mass is 10.0. The Morgan fingerprint density at radius 3 is 2.65 bits per heavy atom. The van der Waals surface area contributed by atoms with Crippen LogP contribution in [0.15, 0.2) is 30.3 Å². The van der Waals surface area contributed by atoms with Gasteiger partial charge in [-0.3, -0.25) is 14.2 Å². The van der Waals surface area contributed by atoms with Gasteiger partial charge in [-0.1, -0.05) is 30.3 Å². The van der Waals surface area contributed by atoms with Gasteiger partial charge < -0.3 is 20.0 Å². The van der Waals surface area contributed by atoms with E-state index in [1.807, 2.05) is 30.3 Å². The van der Waals surface area contributed by atoms with Crippen LogP contribution in [0.4, 0.5) is 0 Å². The van der Waals surface area contributed by atoms with E-state index in [9.17, 15) is 14.2 Å². The summed E-state index contributed by atoms with van der Waals surface area (Å²) in [6, 6.07) is 9.35. The average molecular weight is 400 g/mol. The Kier molecular flexibility index (Phi) is 8.15. The van der Waals surface area contributed by atoms with Crippen LogP contribution in [0.5, 0.6) is 0 Å². The zero-order chi connectivity index (χ0) is 19.0. The van der Waals surface area contributed by atoms with Crippen molar-refractivity contribution in [3.8, 4) is 0 Å². The number of rotatable bonds is 8. The van der Waals surface area contributed by atoms with E-state index in [4.69, 9.17) is 9.79 Å². The topological polar surface area (TPSA) is 107 Å². The minimum atomic E-state index is -4.13. The van der Waals surface area contributed by atoms with Crippen LogP contribution in [0.1, 0.15) is 24.8 Å². The van der Waals surface area contributed by atoms with E-state index in [-0.39, 0.29) is 23.1 Å². The lowest BCUT2D eigenvalue weighted by molar-refractivity contribution is -0.140. The molecule has 1 aliphatic heterocycles. The standard InChI is InChI=1S/C17H25N2O5PS/c20-16(12-26-13-25(22,23)24)19-11-5-4-8-15(19)17(21)18-10-9-14-6-2-1-3-7-14/h1-3,6-7,15H,4-5,8-13H2,(H,18,21)(H2,22,23,24). The van der Waals surface area contributed by atoms with Crippen molar-refractivity contribution >= 4 is 31.2 Å². The molecule has 1 aromatic carbocycles. The fraction of sp³-hybridized carbons (Fsp3) is 0.529. The smallest absolute Gasteiger partial charge is 0.335 e. The Labute approximate surface area is 157 Å². The Morgan fingerprint density at radius 1 is 1.23 bits per heavy atom. The summed E-state index contributed by atoms with van der Waals surface area (Å²) in [5.74, 6) is -0.431. The number of hydrogen-bond acceptors (Lipinski definition) is 4. The molecule has 1 fully saturated rings. The molecule has 1 aromatic rings. The number of nitrogens with one attached hydrogen (secondary N) is 1. The maximum absolute atomic E-state index is 12.5. The van der Waals surface area contributed by atoms with Crippen LogP contribution in [0.3, 0.4) is 0 Å². The van der Waals surface area contributed by atoms with Gasteiger partial charge in [0.25, 0.3) is 0 Å². The third-order valence-corrected chi connectivity index (χ3v) is 6.69. The molecule has 1 saturated heterocycles. The molecule has 144 valence electrons. The molecule has 26 heavy (non-hydrogen) atoms. The van der Waals surface area contributed by atoms with Crippen LogP contribution in [-0.2, 0) is 20.6 Å². The zero-order valence-electron chi connectivity index (χ0n) is 14.5. The van der Waals surface area contributed by atoms with Crippen LogP contribution >= 0.6 is 19.4 Å². The minimum Gasteiger partial charge on any atom is -0.354 e. The van der Waals surface area contributed by atoms with E-state index in [0.29, 0.717) is 19.5 Å². The number of carbonyl (C=O) groups excluding carboxylic acids is 2. The molecule has 0 spiro atoms. The molecule has 0 bridgehead atoms. The fourth-order valence-electron chi connectivity index (χ4n) is 2.93. The number of amides is 2. The van der Waals surface area contributed by atoms with Gasteiger partial charge in [-0.2, -0.15) is 0 Å². The predicted octanol–water partition coefficient (Wildman–Crippen LogP) is 1.59. The molecule has 7 nitrogen and oxygen atoms in total. The molecule has 0 aliphatic carbocycles. The van der Waals surface area contributed by atoms with E-state index in [2.05, 4.69) is 5.32 Å². The molecule has 0 aromatic heterocycles. The Hall–Kier alpha value is -1.34. The highest BCUT2D eigenvalue weighted by Gasteiger charge is 2.31. The quantitative estimate of drug-likeness (QED) is 0.572. The van der Waals surface area contributed by atoms with Gasteiger partial charge in [-0.05, 0) is 31.2 Å². The number of piperidine rings is 1. The minimum absolute atomic E-state index is 0.0289. The van der Waals surface area contributed by atoms with Crippen LogP contribution in [-0.4, -0.2) is 56.9 Å². The summed E-state index contributed by atoms with van der Waals surface area (Å²) < 4.78 is 10.9. The van der Waals surface area contributed by atoms with E-state index in [1.165, 1.54) is 0 Å². The van der Waals surface area contributed by atoms with E-state index in [1.54, 1.807) is 4.90 Å². The number of hydrogen-bond donors (Lipinski definition) is 3. The molecular weight excluding hydrogens is 375 g/mol. The van der Waals surface area contributed by atoms with E-state index >= 15 is 0 Å². The monoisotopic (exact) mass is 400 g/mol. The third kappa shape index (κ3) is 7.11. The van der Waals surface area contributed by atoms with Crippen molar-refractivity contribution in [1.82, 2.24) is 10.2 Å². The van der Waals surface area contributed by atoms with Crippen molar-refractivity contribution in [2.24, 2.45) is 0 Å². The van der Waals surface area contributed by atoms with Crippen LogP contribution < -0.4 is 5.32 Å². The van der Waals surface area contributed by atoms with Gasteiger partial charge in [0.2, 0.25) is 11.8 Å². The summed E-state index contributed by atoms with van der Waals surface area (Å²) in [6.45, 7) is 1.01. The molecule has 0 saturated carbocycles. The van der Waals surface area contributed by atoms with E-state index in [0.717, 1.165) is 36.6 Å². The van der Waals surface area contributed by atoms with Gasteiger partial charge in [0.1, 0.15) is 6.04 Å². The van der Waals surface area contributed by atoms with Gasteiger partial charge in [-0.25, -0.2) is 0 Å². The molecule has 2 amide bonds. The first-order valence-corrected chi connectivity index (χ1v) is 11.6. The molecule has 1 aliphatic rings. The molecule has 1 atom stereocenters. The molecule has 3 N–H and O–H groups in total. The summed E-state index contributed by atoms with van der Waals surface area (Å²) in [5.41, 5.74) is 0.749. The highest BCUT2D eigenvalue weighted by atomic mass is 32.2. The summed E-state index contributed by atoms with van der Waals surface area (Å²) in [7, 11) is -4.13. The largest absolute Gasteiger partial charge is 0.354 e. The summed E-state index contributed by atoms with van der Waals surface area (Å²) in [4.78, 5) is 44.2. The maximum atomic E-state index is 12.5. The number of likely N-dealkylation sites (tertiary alicyclic amines) is 1. The second-order valence-corrected chi connectivity index (χ2v) is 9.33. The number of benzene rings is 1. The van der Waals surface area contributed by atoms with Crippen molar-refractivity contribution < 1.29 is 23.9 Å². The van der Waals surface area contributed by atoms with Gasteiger partial charge >= 0.3 is 7.60 Å². The predicted molar refractivity (Wildman–Crippen MR) is 102 cm³/mol. The zero-order valence-corrected chi connectivity index (χ0v) is 16.3. The summed E-state index contributed by atoms with van der Waals surface area (Å²) in [5, 5.41) is 2.90. The van der Waals surface area contributed by atoms with Crippen LogP contribution in [0.2, 0.25) is 0 Å². The maximum Gasteiger partial charge on any atom is 0.335 e. The van der Waals surface area contributed by atoms with E-state index < -0.39 is 13.6 Å². The number of thioether (sulfide) groups is 1. The molecule has 0 radical (unpaired) electrons. The second-order valence-electron chi connectivity index (χ2n) is 6.27. The van der Waals surface area contributed by atoms with Crippen LogP contribution in [0, 0.1) is 0 Å². The number of nitrogens with zero attached hydrogens (tertiary/aromatic N) is 1. The molecule has 1 heterocycles. The Balaban J connectivity index is 1.83. The Morgan fingerprint density at radius 2 is 1.96 bits per heavy atom. The second kappa shape index (κ2) is 10.1. The van der Waals surface area contributed by atoms with Crippen LogP contribution in [0.25, 0.3) is 0 Å². The highest BCUT2D eigenvalue weighted by Crippen LogP contribution is 2.38. The first kappa shape index (κ1) is 21.0. The molecule has 2 rings (SSSR count). The van der Waals surface area contributed by atoms with Crippen molar-refractivity contribution in [1.29, 1.82) is 0 Å². The van der Waals surface area contributed by atoms with Gasteiger partial charge in [0, 0.05) is 13.1 Å². The first-order valence-electron chi connectivity index (χ1n) is 8.60. The van der Waals surface area contributed by atoms with Crippen molar-refractivity contribution in [3.63, 3.8) is 0 Å². The third-order valence-electron chi connectivity index (χ3n) is 4.17.